The molecule has 1 atom stereocenters. The molecule has 1 heterocycles. The summed E-state index contributed by atoms with van der Waals surface area (Å²) >= 11 is 0. The molecule has 1 rings (SSSR count). The van der Waals surface area contributed by atoms with Crippen LogP contribution in [0.25, 0.3) is 0 Å². The van der Waals surface area contributed by atoms with Crippen LogP contribution in [0.2, 0.25) is 0 Å². The molecule has 0 radical (unpaired) electrons. The molecule has 0 amide bonds. The van der Waals surface area contributed by atoms with Crippen LogP contribution in [0.4, 0.5) is 5.69 Å². The minimum atomic E-state index is 0.162. The summed E-state index contributed by atoms with van der Waals surface area (Å²) in [5, 5.41) is 12.6. The van der Waals surface area contributed by atoms with Gasteiger partial charge in [0.15, 0.2) is 0 Å². The molecule has 108 valence electrons. The Morgan fingerprint density at radius 1 is 1.32 bits per heavy atom. The van der Waals surface area contributed by atoms with Crippen LogP contribution in [0.15, 0.2) is 18.3 Å². The molecule has 0 aliphatic rings. The number of rotatable bonds is 8. The van der Waals surface area contributed by atoms with Gasteiger partial charge in [-0.3, -0.25) is 4.98 Å². The van der Waals surface area contributed by atoms with Crippen molar-refractivity contribution in [3.63, 3.8) is 0 Å². The summed E-state index contributed by atoms with van der Waals surface area (Å²) < 4.78 is 0. The van der Waals surface area contributed by atoms with Gasteiger partial charge >= 0.3 is 0 Å². The van der Waals surface area contributed by atoms with Crippen molar-refractivity contribution in [3.8, 4) is 0 Å². The highest BCUT2D eigenvalue weighted by molar-refractivity contribution is 5.45. The molecule has 0 aromatic carbocycles. The van der Waals surface area contributed by atoms with Crippen LogP contribution in [0.1, 0.15) is 45.9 Å². The van der Waals surface area contributed by atoms with Gasteiger partial charge < -0.3 is 15.3 Å². The van der Waals surface area contributed by atoms with Crippen molar-refractivity contribution in [1.29, 1.82) is 0 Å². The zero-order chi connectivity index (χ0) is 14.3. The average Bonchev–Trinajstić information content (AvgIpc) is 2.42. The first-order valence-electron chi connectivity index (χ1n) is 7.20. The lowest BCUT2D eigenvalue weighted by atomic mass is 10.1. The molecule has 1 unspecified atom stereocenters. The number of pyridine rings is 1. The number of anilines is 1. The van der Waals surface area contributed by atoms with E-state index in [4.69, 9.17) is 5.11 Å². The Labute approximate surface area is 116 Å². The van der Waals surface area contributed by atoms with Gasteiger partial charge in [-0.1, -0.05) is 13.8 Å². The first-order chi connectivity index (χ1) is 9.13. The number of nitrogens with one attached hydrogen (secondary N) is 1. The Kier molecular flexibility index (Phi) is 6.81. The van der Waals surface area contributed by atoms with E-state index in [1.54, 1.807) is 0 Å². The van der Waals surface area contributed by atoms with Crippen LogP contribution in [0.5, 0.6) is 0 Å². The van der Waals surface area contributed by atoms with Gasteiger partial charge in [0.1, 0.15) is 0 Å². The second kappa shape index (κ2) is 8.12. The lowest BCUT2D eigenvalue weighted by Crippen LogP contribution is -2.33. The highest BCUT2D eigenvalue weighted by Crippen LogP contribution is 2.19. The van der Waals surface area contributed by atoms with E-state index in [0.717, 1.165) is 24.3 Å². The lowest BCUT2D eigenvalue weighted by Gasteiger charge is -2.28. The number of hydrogen-bond acceptors (Lipinski definition) is 4. The molecule has 4 nitrogen and oxygen atoms in total. The first-order valence-corrected chi connectivity index (χ1v) is 7.20. The fourth-order valence-corrected chi connectivity index (χ4v) is 2.27. The minimum Gasteiger partial charge on any atom is -0.395 e. The second-order valence-corrected chi connectivity index (χ2v) is 4.97. The zero-order valence-corrected chi connectivity index (χ0v) is 12.6. The molecular weight excluding hydrogens is 238 g/mol. The summed E-state index contributed by atoms with van der Waals surface area (Å²) in [5.74, 6) is 0. The topological polar surface area (TPSA) is 48.4 Å². The molecule has 19 heavy (non-hydrogen) atoms. The third-order valence-electron chi connectivity index (χ3n) is 3.28. The summed E-state index contributed by atoms with van der Waals surface area (Å²) in [4.78, 5) is 6.73. The number of aliphatic hydroxyl groups is 1. The van der Waals surface area contributed by atoms with E-state index in [-0.39, 0.29) is 6.61 Å². The number of aliphatic hydroxyl groups excluding tert-OH is 1. The van der Waals surface area contributed by atoms with Crippen molar-refractivity contribution in [2.75, 3.05) is 24.6 Å². The zero-order valence-electron chi connectivity index (χ0n) is 12.6. The molecule has 4 heteroatoms. The van der Waals surface area contributed by atoms with Gasteiger partial charge in [0, 0.05) is 18.6 Å². The Morgan fingerprint density at radius 2 is 2.05 bits per heavy atom. The van der Waals surface area contributed by atoms with Crippen molar-refractivity contribution >= 4 is 5.69 Å². The molecular formula is C15H27N3O. The van der Waals surface area contributed by atoms with Crippen LogP contribution in [-0.4, -0.2) is 35.8 Å². The molecule has 2 N–H and O–H groups in total. The molecule has 0 bridgehead atoms. The maximum atomic E-state index is 9.13. The summed E-state index contributed by atoms with van der Waals surface area (Å²) in [6.45, 7) is 10.3. The van der Waals surface area contributed by atoms with Crippen molar-refractivity contribution in [3.05, 3.63) is 24.0 Å². The Bertz CT molecular complexity index is 351. The third kappa shape index (κ3) is 4.48. The van der Waals surface area contributed by atoms with Gasteiger partial charge in [-0.25, -0.2) is 0 Å². The standard InChI is InChI=1S/C15H27N3O/c1-5-14(16-6-2)15-8-7-13(11-17-15)18(9-10-19)12(3)4/h7-8,11-12,14,16,19H,5-6,9-10H2,1-4H3. The van der Waals surface area contributed by atoms with Gasteiger partial charge in [-0.2, -0.15) is 0 Å². The van der Waals surface area contributed by atoms with Crippen molar-refractivity contribution in [2.24, 2.45) is 0 Å². The monoisotopic (exact) mass is 265 g/mol. The predicted octanol–water partition coefficient (Wildman–Crippen LogP) is 2.35. The summed E-state index contributed by atoms with van der Waals surface area (Å²) in [5.41, 5.74) is 2.15. The Balaban J connectivity index is 2.84. The molecule has 0 aliphatic carbocycles. The highest BCUT2D eigenvalue weighted by Gasteiger charge is 2.13. The van der Waals surface area contributed by atoms with Crippen molar-refractivity contribution in [2.45, 2.75) is 46.2 Å². The van der Waals surface area contributed by atoms with E-state index in [1.807, 2.05) is 6.20 Å². The largest absolute Gasteiger partial charge is 0.395 e. The summed E-state index contributed by atoms with van der Waals surface area (Å²) in [6.07, 6.45) is 2.94. The van der Waals surface area contributed by atoms with Gasteiger partial charge in [0.2, 0.25) is 0 Å². The molecule has 1 aromatic heterocycles. The van der Waals surface area contributed by atoms with Crippen LogP contribution < -0.4 is 10.2 Å². The predicted molar refractivity (Wildman–Crippen MR) is 80.5 cm³/mol. The maximum Gasteiger partial charge on any atom is 0.0606 e. The molecule has 0 saturated carbocycles. The highest BCUT2D eigenvalue weighted by atomic mass is 16.3. The van der Waals surface area contributed by atoms with Crippen LogP contribution >= 0.6 is 0 Å². The van der Waals surface area contributed by atoms with E-state index in [1.165, 1.54) is 0 Å². The van der Waals surface area contributed by atoms with E-state index < -0.39 is 0 Å². The van der Waals surface area contributed by atoms with E-state index in [9.17, 15) is 0 Å². The molecule has 1 aromatic rings. The number of nitrogens with zero attached hydrogens (tertiary/aromatic N) is 2. The Morgan fingerprint density at radius 3 is 2.47 bits per heavy atom. The molecule has 0 fully saturated rings. The maximum absolute atomic E-state index is 9.13. The van der Waals surface area contributed by atoms with Crippen molar-refractivity contribution in [1.82, 2.24) is 10.3 Å². The SMILES string of the molecule is CCNC(CC)c1ccc(N(CCO)C(C)C)cn1. The van der Waals surface area contributed by atoms with Gasteiger partial charge in [-0.15, -0.1) is 0 Å². The smallest absolute Gasteiger partial charge is 0.0606 e. The lowest BCUT2D eigenvalue weighted by molar-refractivity contribution is 0.299. The number of aromatic nitrogens is 1. The van der Waals surface area contributed by atoms with Crippen LogP contribution in [0, 0.1) is 0 Å². The molecule has 0 saturated heterocycles. The minimum absolute atomic E-state index is 0.162. The van der Waals surface area contributed by atoms with Gasteiger partial charge in [0.05, 0.1) is 24.2 Å². The Hall–Kier alpha value is -1.13. The van der Waals surface area contributed by atoms with Crippen LogP contribution in [0.3, 0.4) is 0 Å². The summed E-state index contributed by atoms with van der Waals surface area (Å²) in [6, 6.07) is 4.86. The second-order valence-electron chi connectivity index (χ2n) is 4.97. The number of hydrogen-bond donors (Lipinski definition) is 2. The van der Waals surface area contributed by atoms with Gasteiger partial charge in [0.25, 0.3) is 0 Å². The normalized spacial score (nSPS) is 12.7. The quantitative estimate of drug-likeness (QED) is 0.757. The fourth-order valence-electron chi connectivity index (χ4n) is 2.27. The third-order valence-corrected chi connectivity index (χ3v) is 3.28. The summed E-state index contributed by atoms with van der Waals surface area (Å²) in [7, 11) is 0. The fraction of sp³-hybridized carbons (Fsp3) is 0.667. The van der Waals surface area contributed by atoms with Crippen molar-refractivity contribution < 1.29 is 5.11 Å². The van der Waals surface area contributed by atoms with E-state index in [0.29, 0.717) is 18.6 Å². The molecule has 0 aliphatic heterocycles. The van der Waals surface area contributed by atoms with Crippen LogP contribution in [-0.2, 0) is 0 Å². The van der Waals surface area contributed by atoms with E-state index in [2.05, 4.69) is 55.0 Å². The average molecular weight is 265 g/mol. The first kappa shape index (κ1) is 15.9. The van der Waals surface area contributed by atoms with Gasteiger partial charge in [-0.05, 0) is 38.9 Å². The molecule has 0 spiro atoms. The van der Waals surface area contributed by atoms with E-state index >= 15 is 0 Å².